The molecule has 0 aliphatic heterocycles. The molecule has 0 bridgehead atoms. The minimum atomic E-state index is 0.203. The van der Waals surface area contributed by atoms with Crippen LogP contribution in [0.1, 0.15) is 30.9 Å². The van der Waals surface area contributed by atoms with E-state index in [0.29, 0.717) is 0 Å². The molecule has 1 aromatic carbocycles. The quantitative estimate of drug-likeness (QED) is 0.892. The Kier molecular flexibility index (Phi) is 2.71. The molecule has 1 aliphatic rings. The van der Waals surface area contributed by atoms with Crippen molar-refractivity contribution in [3.63, 3.8) is 0 Å². The van der Waals surface area contributed by atoms with Crippen LogP contribution in [-0.2, 0) is 12.0 Å². The zero-order chi connectivity index (χ0) is 12.6. The van der Waals surface area contributed by atoms with Gasteiger partial charge in [-0.1, -0.05) is 30.3 Å². The molecule has 1 saturated carbocycles. The van der Waals surface area contributed by atoms with Crippen LogP contribution in [0.25, 0.3) is 0 Å². The van der Waals surface area contributed by atoms with Gasteiger partial charge in [0.2, 0.25) is 0 Å². The Balaban J connectivity index is 1.79. The second-order valence-corrected chi connectivity index (χ2v) is 5.36. The van der Waals surface area contributed by atoms with E-state index in [1.807, 2.05) is 16.9 Å². The van der Waals surface area contributed by atoms with E-state index in [-0.39, 0.29) is 11.5 Å². The highest BCUT2D eigenvalue weighted by Gasteiger charge is 2.48. The molecule has 1 aromatic heterocycles. The normalized spacial score (nSPS) is 18.6. The molecule has 0 radical (unpaired) electrons. The maximum absolute atomic E-state index is 6.09. The predicted octanol–water partition coefficient (Wildman–Crippen LogP) is 2.31. The van der Waals surface area contributed by atoms with E-state index < -0.39 is 0 Å². The van der Waals surface area contributed by atoms with E-state index in [4.69, 9.17) is 5.73 Å². The number of hydrogen-bond acceptors (Lipinski definition) is 2. The molecule has 94 valence electrons. The molecule has 2 aromatic rings. The zero-order valence-electron chi connectivity index (χ0n) is 10.7. The van der Waals surface area contributed by atoms with E-state index in [9.17, 15) is 0 Å². The standard InChI is InChI=1S/C15H19N3/c1-12(16)15(7-8-15)14-9-17-18(11-14)10-13-5-3-2-4-6-13/h2-6,9,11-12H,7-8,10,16H2,1H3. The van der Waals surface area contributed by atoms with Gasteiger partial charge in [-0.15, -0.1) is 0 Å². The summed E-state index contributed by atoms with van der Waals surface area (Å²) in [5, 5.41) is 4.46. The fraction of sp³-hybridized carbons (Fsp3) is 0.400. The summed E-state index contributed by atoms with van der Waals surface area (Å²) in [6.07, 6.45) is 6.53. The maximum atomic E-state index is 6.09. The molecule has 18 heavy (non-hydrogen) atoms. The SMILES string of the molecule is CC(N)C1(c2cnn(Cc3ccccc3)c2)CC1. The second kappa shape index (κ2) is 4.25. The molecule has 1 unspecified atom stereocenters. The number of benzene rings is 1. The number of hydrogen-bond donors (Lipinski definition) is 1. The minimum absolute atomic E-state index is 0.203. The number of nitrogens with zero attached hydrogens (tertiary/aromatic N) is 2. The van der Waals surface area contributed by atoms with Crippen molar-refractivity contribution < 1.29 is 0 Å². The van der Waals surface area contributed by atoms with Crippen LogP contribution in [-0.4, -0.2) is 15.8 Å². The summed E-state index contributed by atoms with van der Waals surface area (Å²) in [6, 6.07) is 10.6. The van der Waals surface area contributed by atoms with Crippen LogP contribution in [0.5, 0.6) is 0 Å². The van der Waals surface area contributed by atoms with Gasteiger partial charge < -0.3 is 5.73 Å². The molecule has 3 nitrogen and oxygen atoms in total. The van der Waals surface area contributed by atoms with Gasteiger partial charge in [-0.2, -0.15) is 5.10 Å². The molecule has 0 saturated heterocycles. The van der Waals surface area contributed by atoms with Gasteiger partial charge in [-0.25, -0.2) is 0 Å². The minimum Gasteiger partial charge on any atom is -0.327 e. The highest BCUT2D eigenvalue weighted by atomic mass is 15.3. The lowest BCUT2D eigenvalue weighted by Gasteiger charge is -2.17. The van der Waals surface area contributed by atoms with Crippen LogP contribution < -0.4 is 5.73 Å². The van der Waals surface area contributed by atoms with E-state index >= 15 is 0 Å². The smallest absolute Gasteiger partial charge is 0.0659 e. The Labute approximate surface area is 108 Å². The van der Waals surface area contributed by atoms with Gasteiger partial charge in [-0.3, -0.25) is 4.68 Å². The van der Waals surface area contributed by atoms with Gasteiger partial charge >= 0.3 is 0 Å². The molecule has 3 heteroatoms. The lowest BCUT2D eigenvalue weighted by Crippen LogP contribution is -2.31. The van der Waals surface area contributed by atoms with Crippen LogP contribution in [0, 0.1) is 0 Å². The van der Waals surface area contributed by atoms with Crippen LogP contribution in [0.2, 0.25) is 0 Å². The first-order chi connectivity index (χ1) is 8.71. The third kappa shape index (κ3) is 1.95. The van der Waals surface area contributed by atoms with Crippen molar-refractivity contribution in [2.24, 2.45) is 5.73 Å². The van der Waals surface area contributed by atoms with Crippen molar-refractivity contribution in [2.75, 3.05) is 0 Å². The summed E-state index contributed by atoms with van der Waals surface area (Å²) in [6.45, 7) is 2.93. The van der Waals surface area contributed by atoms with Gasteiger partial charge in [0.1, 0.15) is 0 Å². The van der Waals surface area contributed by atoms with Gasteiger partial charge in [0, 0.05) is 17.7 Å². The first-order valence-corrected chi connectivity index (χ1v) is 6.53. The van der Waals surface area contributed by atoms with Crippen molar-refractivity contribution in [1.82, 2.24) is 9.78 Å². The van der Waals surface area contributed by atoms with Crippen molar-refractivity contribution in [2.45, 2.75) is 37.8 Å². The van der Waals surface area contributed by atoms with Crippen molar-refractivity contribution in [1.29, 1.82) is 0 Å². The fourth-order valence-corrected chi connectivity index (χ4v) is 2.62. The van der Waals surface area contributed by atoms with E-state index in [2.05, 4.69) is 42.5 Å². The van der Waals surface area contributed by atoms with Gasteiger partial charge in [-0.05, 0) is 30.9 Å². The number of nitrogens with two attached hydrogens (primary N) is 1. The highest BCUT2D eigenvalue weighted by Crippen LogP contribution is 2.50. The lowest BCUT2D eigenvalue weighted by atomic mass is 9.92. The first-order valence-electron chi connectivity index (χ1n) is 6.53. The molecule has 0 amide bonds. The molecular formula is C15H19N3. The summed E-state index contributed by atoms with van der Waals surface area (Å²) >= 11 is 0. The molecule has 0 spiro atoms. The summed E-state index contributed by atoms with van der Waals surface area (Å²) in [5.74, 6) is 0. The molecule has 1 aliphatic carbocycles. The van der Waals surface area contributed by atoms with Crippen LogP contribution in [0.15, 0.2) is 42.7 Å². The molecule has 1 fully saturated rings. The Morgan fingerprint density at radius 2 is 2.06 bits per heavy atom. The molecular weight excluding hydrogens is 222 g/mol. The third-order valence-electron chi connectivity index (χ3n) is 4.06. The van der Waals surface area contributed by atoms with Crippen molar-refractivity contribution >= 4 is 0 Å². The van der Waals surface area contributed by atoms with Crippen molar-refractivity contribution in [3.8, 4) is 0 Å². The summed E-state index contributed by atoms with van der Waals surface area (Å²) in [7, 11) is 0. The maximum Gasteiger partial charge on any atom is 0.0659 e. The van der Waals surface area contributed by atoms with Gasteiger partial charge in [0.15, 0.2) is 0 Å². The number of rotatable bonds is 4. The lowest BCUT2D eigenvalue weighted by molar-refractivity contribution is 0.555. The second-order valence-electron chi connectivity index (χ2n) is 5.36. The average molecular weight is 241 g/mol. The number of aromatic nitrogens is 2. The largest absolute Gasteiger partial charge is 0.327 e. The summed E-state index contributed by atoms with van der Waals surface area (Å²) in [4.78, 5) is 0. The Hall–Kier alpha value is -1.61. The molecule has 3 rings (SSSR count). The van der Waals surface area contributed by atoms with Crippen LogP contribution >= 0.6 is 0 Å². The van der Waals surface area contributed by atoms with E-state index in [1.165, 1.54) is 24.0 Å². The van der Waals surface area contributed by atoms with E-state index in [0.717, 1.165) is 6.54 Å². The Morgan fingerprint density at radius 3 is 2.67 bits per heavy atom. The summed E-state index contributed by atoms with van der Waals surface area (Å²) < 4.78 is 2.01. The van der Waals surface area contributed by atoms with Crippen molar-refractivity contribution in [3.05, 3.63) is 53.9 Å². The molecule has 2 N–H and O–H groups in total. The topological polar surface area (TPSA) is 43.8 Å². The molecule has 1 atom stereocenters. The van der Waals surface area contributed by atoms with Crippen LogP contribution in [0.3, 0.4) is 0 Å². The van der Waals surface area contributed by atoms with E-state index in [1.54, 1.807) is 0 Å². The Morgan fingerprint density at radius 1 is 1.33 bits per heavy atom. The Bertz CT molecular complexity index is 524. The van der Waals surface area contributed by atoms with Gasteiger partial charge in [0.05, 0.1) is 12.7 Å². The third-order valence-corrected chi connectivity index (χ3v) is 4.06. The predicted molar refractivity (Wildman–Crippen MR) is 72.3 cm³/mol. The summed E-state index contributed by atoms with van der Waals surface area (Å²) in [5.41, 5.74) is 8.87. The first kappa shape index (κ1) is 11.5. The van der Waals surface area contributed by atoms with Crippen LogP contribution in [0.4, 0.5) is 0 Å². The zero-order valence-corrected chi connectivity index (χ0v) is 10.7. The highest BCUT2D eigenvalue weighted by molar-refractivity contribution is 5.30. The monoisotopic (exact) mass is 241 g/mol. The molecule has 1 heterocycles. The van der Waals surface area contributed by atoms with Gasteiger partial charge in [0.25, 0.3) is 0 Å². The fourth-order valence-electron chi connectivity index (χ4n) is 2.62. The average Bonchev–Trinajstić information content (AvgIpc) is 3.07.